The number of rotatable bonds is 8. The summed E-state index contributed by atoms with van der Waals surface area (Å²) < 4.78 is 20.1. The molecule has 3 aromatic carbocycles. The number of aromatic nitrogens is 1. The molecule has 8 heteroatoms. The van der Waals surface area contributed by atoms with E-state index in [-0.39, 0.29) is 29.3 Å². The number of ketones is 1. The number of halogens is 1. The molecule has 3 heterocycles. The van der Waals surface area contributed by atoms with E-state index in [0.717, 1.165) is 58.5 Å². The van der Waals surface area contributed by atoms with Gasteiger partial charge in [-0.2, -0.15) is 0 Å². The lowest BCUT2D eigenvalue weighted by molar-refractivity contribution is -0.120. The lowest BCUT2D eigenvalue weighted by Gasteiger charge is -2.27. The number of carbonyl (C=O) groups is 2. The van der Waals surface area contributed by atoms with Crippen molar-refractivity contribution in [2.24, 2.45) is 5.92 Å². The molecule has 1 aliphatic heterocycles. The number of benzene rings is 3. The van der Waals surface area contributed by atoms with E-state index in [4.69, 9.17) is 10.2 Å². The fraction of sp³-hybridized carbons (Fsp3) is 0.250. The van der Waals surface area contributed by atoms with Crippen LogP contribution in [0.4, 0.5) is 10.2 Å². The maximum absolute atomic E-state index is 13.8. The molecule has 2 unspecified atom stereocenters. The number of fused-ring (bicyclic) bond motifs is 1. The van der Waals surface area contributed by atoms with Gasteiger partial charge in [0.2, 0.25) is 0 Å². The largest absolute Gasteiger partial charge is 0.460 e. The minimum atomic E-state index is -0.308. The number of nitrogens with two attached hydrogens (primary N) is 1. The molecule has 2 aromatic heterocycles. The highest BCUT2D eigenvalue weighted by Crippen LogP contribution is 2.48. The Morgan fingerprint density at radius 3 is 2.41 bits per heavy atom. The molecule has 2 fully saturated rings. The molecular weight excluding hydrogens is 555 g/mol. The van der Waals surface area contributed by atoms with Crippen LogP contribution in [0.2, 0.25) is 0 Å². The third-order valence-electron chi connectivity index (χ3n) is 8.75. The van der Waals surface area contributed by atoms with E-state index < -0.39 is 0 Å². The highest BCUT2D eigenvalue weighted by atomic mass is 19.1. The summed E-state index contributed by atoms with van der Waals surface area (Å²) >= 11 is 0. The monoisotopic (exact) mass is 588 g/mol. The fourth-order valence-corrected chi connectivity index (χ4v) is 6.18. The van der Waals surface area contributed by atoms with E-state index in [1.54, 1.807) is 24.4 Å². The Bertz CT molecular complexity index is 1830. The van der Waals surface area contributed by atoms with Gasteiger partial charge >= 0.3 is 0 Å². The normalized spacial score (nSPS) is 18.0. The third-order valence-corrected chi connectivity index (χ3v) is 8.75. The number of pyridine rings is 1. The van der Waals surface area contributed by atoms with Crippen LogP contribution in [-0.4, -0.2) is 47.8 Å². The van der Waals surface area contributed by atoms with Crippen molar-refractivity contribution in [3.63, 3.8) is 0 Å². The van der Waals surface area contributed by atoms with Crippen molar-refractivity contribution < 1.29 is 18.4 Å². The van der Waals surface area contributed by atoms with E-state index in [2.05, 4.69) is 16.4 Å². The standard InChI is InChI=1S/C36H33FN4O3/c37-28-8-5-23(6-9-28)31-19-26(22-1-3-24(4-2-22)36(43)41-15-13-39-14-16-41)17-27-18-29(44-35(27)31)10-11-33(42)32-20-30(32)25-7-12-34(38)40-21-25/h1-9,12,17-19,21,30,32,39H,10-11,13-16,20H2,(H2,38,40). The highest BCUT2D eigenvalue weighted by molar-refractivity contribution is 5.98. The highest BCUT2D eigenvalue weighted by Gasteiger charge is 2.43. The van der Waals surface area contributed by atoms with E-state index in [9.17, 15) is 14.0 Å². The predicted octanol–water partition coefficient (Wildman–Crippen LogP) is 6.23. The van der Waals surface area contributed by atoms with E-state index in [1.165, 1.54) is 12.1 Å². The molecule has 7 nitrogen and oxygen atoms in total. The molecule has 1 amide bonds. The number of furan rings is 1. The lowest BCUT2D eigenvalue weighted by atomic mass is 9.96. The molecule has 2 atom stereocenters. The van der Waals surface area contributed by atoms with Gasteiger partial charge in [0.05, 0.1) is 0 Å². The molecule has 0 bridgehead atoms. The first-order valence-corrected chi connectivity index (χ1v) is 15.1. The van der Waals surface area contributed by atoms with Gasteiger partial charge in [-0.25, -0.2) is 9.37 Å². The second-order valence-electron chi connectivity index (χ2n) is 11.7. The van der Waals surface area contributed by atoms with Crippen molar-refractivity contribution in [1.29, 1.82) is 0 Å². The van der Waals surface area contributed by atoms with Crippen molar-refractivity contribution in [1.82, 2.24) is 15.2 Å². The number of hydrogen-bond donors (Lipinski definition) is 2. The summed E-state index contributed by atoms with van der Waals surface area (Å²) in [4.78, 5) is 32.0. The lowest BCUT2D eigenvalue weighted by Crippen LogP contribution is -2.46. The van der Waals surface area contributed by atoms with E-state index >= 15 is 0 Å². The van der Waals surface area contributed by atoms with Gasteiger partial charge in [0.15, 0.2) is 0 Å². The minimum absolute atomic E-state index is 0.00705. The van der Waals surface area contributed by atoms with Crippen molar-refractivity contribution in [3.8, 4) is 22.3 Å². The summed E-state index contributed by atoms with van der Waals surface area (Å²) in [7, 11) is 0. The summed E-state index contributed by atoms with van der Waals surface area (Å²) in [5.41, 5.74) is 11.7. The number of aryl methyl sites for hydroxylation is 1. The van der Waals surface area contributed by atoms with Crippen molar-refractivity contribution in [3.05, 3.63) is 108 Å². The number of hydrogen-bond acceptors (Lipinski definition) is 6. The van der Waals surface area contributed by atoms with Crippen LogP contribution in [0.3, 0.4) is 0 Å². The molecule has 3 N–H and O–H groups in total. The summed E-state index contributed by atoms with van der Waals surface area (Å²) in [6, 6.07) is 23.9. The third kappa shape index (κ3) is 5.73. The Morgan fingerprint density at radius 2 is 1.68 bits per heavy atom. The Labute approximate surface area is 254 Å². The second-order valence-corrected chi connectivity index (χ2v) is 11.7. The number of Topliss-reactive ketones (excluding diaryl/α,β-unsaturated/α-hetero) is 1. The topological polar surface area (TPSA) is 101 Å². The van der Waals surface area contributed by atoms with Gasteiger partial charge in [0.1, 0.15) is 28.8 Å². The van der Waals surface area contributed by atoms with Crippen LogP contribution in [0, 0.1) is 11.7 Å². The van der Waals surface area contributed by atoms with Crippen molar-refractivity contribution in [2.75, 3.05) is 31.9 Å². The number of nitrogens with one attached hydrogen (secondary N) is 1. The van der Waals surface area contributed by atoms with Crippen LogP contribution in [0.5, 0.6) is 0 Å². The average Bonchev–Trinajstić information content (AvgIpc) is 3.75. The zero-order valence-electron chi connectivity index (χ0n) is 24.3. The molecule has 44 heavy (non-hydrogen) atoms. The summed E-state index contributed by atoms with van der Waals surface area (Å²) in [6.07, 6.45) is 3.49. The smallest absolute Gasteiger partial charge is 0.253 e. The Morgan fingerprint density at radius 1 is 0.932 bits per heavy atom. The Kier molecular flexibility index (Phi) is 7.44. The molecule has 1 aliphatic carbocycles. The van der Waals surface area contributed by atoms with Crippen molar-refractivity contribution >= 4 is 28.5 Å². The average molecular weight is 589 g/mol. The first-order chi connectivity index (χ1) is 21.4. The molecule has 222 valence electrons. The quantitative estimate of drug-likeness (QED) is 0.223. The number of nitrogen functional groups attached to an aromatic ring is 1. The number of piperazine rings is 1. The summed E-state index contributed by atoms with van der Waals surface area (Å²) in [6.45, 7) is 3.01. The van der Waals surface area contributed by atoms with Gasteiger partial charge in [0.25, 0.3) is 5.91 Å². The Hall–Kier alpha value is -4.82. The first kappa shape index (κ1) is 28.0. The SMILES string of the molecule is Nc1ccc(C2CC2C(=O)CCc2cc3cc(-c4ccc(C(=O)N5CCNCC5)cc4)cc(-c4ccc(F)cc4)c3o2)cn1. The van der Waals surface area contributed by atoms with Gasteiger partial charge < -0.3 is 20.4 Å². The van der Waals surface area contributed by atoms with Gasteiger partial charge in [-0.3, -0.25) is 9.59 Å². The maximum Gasteiger partial charge on any atom is 0.253 e. The Balaban J connectivity index is 1.13. The molecule has 2 aliphatic rings. The number of nitrogens with zero attached hydrogens (tertiary/aromatic N) is 2. The summed E-state index contributed by atoms with van der Waals surface area (Å²) in [5.74, 6) is 1.38. The number of amides is 1. The van der Waals surface area contributed by atoms with Crippen molar-refractivity contribution in [2.45, 2.75) is 25.2 Å². The number of carbonyl (C=O) groups excluding carboxylic acids is 2. The molecule has 1 saturated heterocycles. The first-order valence-electron chi connectivity index (χ1n) is 15.1. The van der Waals surface area contributed by atoms with Gasteiger partial charge in [-0.05, 0) is 83.1 Å². The minimum Gasteiger partial charge on any atom is -0.460 e. The van der Waals surface area contributed by atoms with Gasteiger partial charge in [0, 0.05) is 67.6 Å². The van der Waals surface area contributed by atoms with E-state index in [1.807, 2.05) is 47.4 Å². The molecule has 7 rings (SSSR count). The molecule has 0 radical (unpaired) electrons. The zero-order valence-corrected chi connectivity index (χ0v) is 24.3. The van der Waals surface area contributed by atoms with Crippen LogP contribution in [0.25, 0.3) is 33.2 Å². The fourth-order valence-electron chi connectivity index (χ4n) is 6.18. The molecule has 1 saturated carbocycles. The maximum atomic E-state index is 13.8. The van der Waals surface area contributed by atoms with Crippen LogP contribution < -0.4 is 11.1 Å². The van der Waals surface area contributed by atoms with Crippen LogP contribution in [0.1, 0.15) is 40.4 Å². The van der Waals surface area contributed by atoms with Crippen LogP contribution >= 0.6 is 0 Å². The predicted molar refractivity (Wildman–Crippen MR) is 169 cm³/mol. The van der Waals surface area contributed by atoms with E-state index in [0.29, 0.717) is 42.9 Å². The molecular formula is C36H33FN4O3. The van der Waals surface area contributed by atoms with Crippen LogP contribution in [0.15, 0.2) is 89.5 Å². The zero-order chi connectivity index (χ0) is 30.2. The molecule has 0 spiro atoms. The molecule has 5 aromatic rings. The summed E-state index contributed by atoms with van der Waals surface area (Å²) in [5, 5.41) is 4.18. The van der Waals surface area contributed by atoms with Crippen LogP contribution in [-0.2, 0) is 11.2 Å². The van der Waals surface area contributed by atoms with Gasteiger partial charge in [-0.1, -0.05) is 30.3 Å². The van der Waals surface area contributed by atoms with Gasteiger partial charge in [-0.15, -0.1) is 0 Å². The number of anilines is 1. The second kappa shape index (κ2) is 11.7.